The van der Waals surface area contributed by atoms with Gasteiger partial charge in [0.1, 0.15) is 11.2 Å². The molecule has 106 heavy (non-hydrogen) atoms. The molecule has 0 amide bonds. The Morgan fingerprint density at radius 2 is 0.500 bits per heavy atom. The second-order valence-corrected chi connectivity index (χ2v) is 31.3. The van der Waals surface area contributed by atoms with Gasteiger partial charge < -0.3 is 4.42 Å². The normalized spacial score (nSPS) is 14.0. The van der Waals surface area contributed by atoms with Crippen LogP contribution >= 0.6 is 0 Å². The molecule has 19 aromatic rings. The van der Waals surface area contributed by atoms with Crippen molar-refractivity contribution in [3.05, 3.63) is 373 Å². The molecule has 0 fully saturated rings. The highest BCUT2D eigenvalue weighted by Crippen LogP contribution is 2.57. The lowest BCUT2D eigenvalue weighted by Gasteiger charge is -2.25. The van der Waals surface area contributed by atoms with E-state index in [1.165, 1.54) is 198 Å². The third-order valence-corrected chi connectivity index (χ3v) is 24.4. The zero-order valence-corrected chi connectivity index (χ0v) is 60.2. The third-order valence-electron chi connectivity index (χ3n) is 24.4. The van der Waals surface area contributed by atoms with Crippen molar-refractivity contribution < 1.29 is 4.42 Å². The van der Waals surface area contributed by atoms with E-state index in [-0.39, 0.29) is 16.2 Å². The van der Waals surface area contributed by atoms with E-state index in [9.17, 15) is 0 Å². The summed E-state index contributed by atoms with van der Waals surface area (Å²) in [5, 5.41) is 17.6. The van der Waals surface area contributed by atoms with E-state index >= 15 is 0 Å². The lowest BCUT2D eigenvalue weighted by Crippen LogP contribution is -2.16. The summed E-state index contributed by atoms with van der Waals surface area (Å²) in [4.78, 5) is 0. The van der Waals surface area contributed by atoms with Gasteiger partial charge in [0.2, 0.25) is 0 Å². The summed E-state index contributed by atoms with van der Waals surface area (Å²) < 4.78 is 6.22. The molecule has 18 aromatic carbocycles. The minimum absolute atomic E-state index is 0.0606. The van der Waals surface area contributed by atoms with E-state index in [2.05, 4.69) is 369 Å². The van der Waals surface area contributed by atoms with Gasteiger partial charge in [0.25, 0.3) is 0 Å². The molecule has 0 N–H and O–H groups in total. The lowest BCUT2D eigenvalue weighted by molar-refractivity contribution is 0.660. The van der Waals surface area contributed by atoms with Crippen molar-refractivity contribution in [1.29, 1.82) is 0 Å². The molecule has 0 saturated heterocycles. The molecule has 1 heteroatoms. The van der Waals surface area contributed by atoms with Crippen LogP contribution in [0.25, 0.3) is 187 Å². The van der Waals surface area contributed by atoms with Crippen LogP contribution in [-0.2, 0) is 16.2 Å². The van der Waals surface area contributed by atoms with Crippen LogP contribution in [0.4, 0.5) is 0 Å². The summed E-state index contributed by atoms with van der Waals surface area (Å²) in [5.41, 5.74) is 33.3. The lowest BCUT2D eigenvalue weighted by atomic mass is 9.78. The van der Waals surface area contributed by atoms with Gasteiger partial charge in [-0.2, -0.15) is 0 Å². The van der Waals surface area contributed by atoms with E-state index in [0.29, 0.717) is 0 Å². The molecular formula is C105H74O. The van der Waals surface area contributed by atoms with Gasteiger partial charge in [-0.25, -0.2) is 0 Å². The molecule has 1 nitrogen and oxygen atoms in total. The first kappa shape index (κ1) is 61.9. The minimum atomic E-state index is -0.135. The van der Waals surface area contributed by atoms with Crippen molar-refractivity contribution >= 4 is 86.6 Å². The number of hydrogen-bond donors (Lipinski definition) is 0. The van der Waals surface area contributed by atoms with E-state index in [1.807, 2.05) is 12.1 Å². The maximum atomic E-state index is 6.22. The Labute approximate surface area is 618 Å². The average molecular weight is 1350 g/mol. The molecule has 0 atom stereocenters. The van der Waals surface area contributed by atoms with E-state index in [4.69, 9.17) is 4.42 Å². The van der Waals surface area contributed by atoms with E-state index in [1.54, 1.807) is 0 Å². The van der Waals surface area contributed by atoms with Gasteiger partial charge in [0.15, 0.2) is 0 Å². The first-order valence-corrected chi connectivity index (χ1v) is 37.4. The first-order valence-electron chi connectivity index (χ1n) is 37.4. The molecule has 3 aliphatic carbocycles. The van der Waals surface area contributed by atoms with Crippen molar-refractivity contribution in [2.45, 2.75) is 57.8 Å². The van der Waals surface area contributed by atoms with Gasteiger partial charge in [0.05, 0.1) is 0 Å². The fraction of sp³-hybridized carbons (Fsp3) is 0.0857. The molecule has 3 aliphatic rings. The summed E-state index contributed by atoms with van der Waals surface area (Å²) in [7, 11) is 0. The summed E-state index contributed by atoms with van der Waals surface area (Å²) in [6, 6.07) is 126. The summed E-state index contributed by atoms with van der Waals surface area (Å²) in [6.07, 6.45) is 0. The molecule has 22 rings (SSSR count). The summed E-state index contributed by atoms with van der Waals surface area (Å²) in [6.45, 7) is 14.3. The molecule has 0 saturated carbocycles. The Morgan fingerprint density at radius 1 is 0.179 bits per heavy atom. The maximum absolute atomic E-state index is 6.22. The number of para-hydroxylation sites is 1. The smallest absolute Gasteiger partial charge is 0.135 e. The van der Waals surface area contributed by atoms with Crippen molar-refractivity contribution in [2.24, 2.45) is 0 Å². The van der Waals surface area contributed by atoms with Gasteiger partial charge in [0, 0.05) is 27.0 Å². The molecule has 0 unspecified atom stereocenters. The Morgan fingerprint density at radius 3 is 0.972 bits per heavy atom. The van der Waals surface area contributed by atoms with Crippen LogP contribution in [0.15, 0.2) is 344 Å². The Bertz CT molecular complexity index is 6870. The van der Waals surface area contributed by atoms with Gasteiger partial charge in [-0.3, -0.25) is 0 Å². The van der Waals surface area contributed by atoms with Crippen LogP contribution in [0.2, 0.25) is 0 Å². The highest BCUT2D eigenvalue weighted by atomic mass is 16.3. The van der Waals surface area contributed by atoms with Crippen molar-refractivity contribution in [2.75, 3.05) is 0 Å². The van der Waals surface area contributed by atoms with Crippen molar-refractivity contribution in [1.82, 2.24) is 0 Å². The SMILES string of the molecule is CC1(C)c2cc3ccccc3cc2-c2cccc(-c3cccc(-c4c5ccccc5c(-c5ccc6oc7ccccc7c6c5)c5ccccc45)c3)c21.CC1(C)c2ccccc2-c2ccc(-c3c4ccccc4c(-c4cccc(-c5cccc6c5C(C)(C)c5cc7ccccc7cc5-6)c4)c4ccccc34)cc21. The minimum Gasteiger partial charge on any atom is -0.456 e. The predicted molar refractivity (Wildman–Crippen MR) is 451 cm³/mol. The number of hydrogen-bond acceptors (Lipinski definition) is 1. The second kappa shape index (κ2) is 23.2. The highest BCUT2D eigenvalue weighted by molar-refractivity contribution is 6.24. The van der Waals surface area contributed by atoms with Gasteiger partial charge in [-0.15, -0.1) is 0 Å². The molecule has 0 spiro atoms. The largest absolute Gasteiger partial charge is 0.456 e. The fourth-order valence-corrected chi connectivity index (χ4v) is 19.5. The topological polar surface area (TPSA) is 13.1 Å². The quantitative estimate of drug-likeness (QED) is 0.151. The van der Waals surface area contributed by atoms with Gasteiger partial charge in [-0.05, 0) is 259 Å². The average Bonchev–Trinajstić information content (AvgIpc) is 1.43. The first-order chi connectivity index (χ1) is 51.8. The number of fused-ring (bicyclic) bond motifs is 18. The molecule has 1 aromatic heterocycles. The highest BCUT2D eigenvalue weighted by Gasteiger charge is 2.41. The van der Waals surface area contributed by atoms with E-state index in [0.717, 1.165) is 21.9 Å². The Balaban J connectivity index is 0.000000136. The predicted octanol–water partition coefficient (Wildman–Crippen LogP) is 29.1. The zero-order valence-electron chi connectivity index (χ0n) is 60.2. The number of furan rings is 1. The Kier molecular flexibility index (Phi) is 13.5. The molecule has 0 bridgehead atoms. The molecule has 500 valence electrons. The number of benzene rings is 18. The van der Waals surface area contributed by atoms with Crippen LogP contribution < -0.4 is 0 Å². The number of rotatable bonds is 6. The molecule has 1 heterocycles. The third kappa shape index (κ3) is 9.15. The van der Waals surface area contributed by atoms with Gasteiger partial charge >= 0.3 is 0 Å². The van der Waals surface area contributed by atoms with Crippen LogP contribution in [0.1, 0.15) is 74.9 Å². The molecule has 0 aliphatic heterocycles. The maximum Gasteiger partial charge on any atom is 0.135 e. The van der Waals surface area contributed by atoms with Crippen LogP contribution in [0.5, 0.6) is 0 Å². The van der Waals surface area contributed by atoms with Crippen LogP contribution in [0, 0.1) is 0 Å². The summed E-state index contributed by atoms with van der Waals surface area (Å²) in [5.74, 6) is 0. The van der Waals surface area contributed by atoms with Crippen LogP contribution in [0.3, 0.4) is 0 Å². The fourth-order valence-electron chi connectivity index (χ4n) is 19.5. The Hall–Kier alpha value is -12.7. The zero-order chi connectivity index (χ0) is 70.9. The van der Waals surface area contributed by atoms with Crippen molar-refractivity contribution in [3.8, 4) is 100 Å². The van der Waals surface area contributed by atoms with Crippen molar-refractivity contribution in [3.63, 3.8) is 0 Å². The second-order valence-electron chi connectivity index (χ2n) is 31.3. The monoisotopic (exact) mass is 1350 g/mol. The summed E-state index contributed by atoms with van der Waals surface area (Å²) >= 11 is 0. The van der Waals surface area contributed by atoms with E-state index < -0.39 is 0 Å². The standard InChI is InChI=1S/C54H40.C51H34O/c1-53(2)47-26-12-11-19-39(47)40-28-27-37(32-48(40)53)51-43-22-9-7-20-41(43)50(42-21-8-10-23-44(42)51)36-18-13-17-35(29-36)38-24-14-25-45-46-30-33-15-5-6-16-34(33)31-49(46)54(3,4)52(38)45;1-51(2)45-30-32-14-4-3-13-31(32)28-43(45)42-23-12-22-36(50(42)51)33-15-11-16-34(27-33)48-38-18-5-7-20-40(38)49(41-21-8-6-19-39(41)48)35-25-26-47-44(29-35)37-17-9-10-24-46(37)52-47/h5-32H,1-4H3;3-30H,1-2H3. The molecule has 0 radical (unpaired) electrons. The molecular weight excluding hydrogens is 1280 g/mol. The van der Waals surface area contributed by atoms with Gasteiger partial charge in [-0.1, -0.05) is 321 Å². The van der Waals surface area contributed by atoms with Crippen LogP contribution in [-0.4, -0.2) is 0 Å².